The Kier molecular flexibility index (Phi) is 7.74. The van der Waals surface area contributed by atoms with Crippen molar-refractivity contribution >= 4 is 57.3 Å². The number of hydrogen-bond donors (Lipinski definition) is 1. The molecule has 0 aliphatic carbocycles. The van der Waals surface area contributed by atoms with Crippen LogP contribution < -0.4 is 9.64 Å². The number of aliphatic hydroxyl groups is 1. The summed E-state index contributed by atoms with van der Waals surface area (Å²) in [5, 5.41) is 20.9. The van der Waals surface area contributed by atoms with E-state index >= 15 is 0 Å². The maximum absolute atomic E-state index is 13.5. The number of ether oxygens (including phenoxy) is 1. The maximum atomic E-state index is 13.5. The lowest BCUT2D eigenvalue weighted by atomic mass is 9.93. The van der Waals surface area contributed by atoms with E-state index in [2.05, 4.69) is 10.2 Å². The van der Waals surface area contributed by atoms with Gasteiger partial charge in [0.15, 0.2) is 4.34 Å². The maximum Gasteiger partial charge on any atom is 0.301 e. The van der Waals surface area contributed by atoms with E-state index in [1.807, 2.05) is 50.2 Å². The fraction of sp³-hybridized carbons (Fsp3) is 0.172. The van der Waals surface area contributed by atoms with Crippen LogP contribution in [0.4, 0.5) is 5.13 Å². The van der Waals surface area contributed by atoms with Crippen LogP contribution in [0.3, 0.4) is 0 Å². The van der Waals surface area contributed by atoms with E-state index in [4.69, 9.17) is 16.3 Å². The number of aromatic nitrogens is 2. The van der Waals surface area contributed by atoms with Crippen molar-refractivity contribution in [2.45, 2.75) is 30.0 Å². The number of carbonyl (C=O) groups is 2. The van der Waals surface area contributed by atoms with Crippen LogP contribution >= 0.6 is 34.7 Å². The van der Waals surface area contributed by atoms with Crippen LogP contribution in [-0.4, -0.2) is 34.1 Å². The van der Waals surface area contributed by atoms with Gasteiger partial charge in [-0.3, -0.25) is 14.5 Å². The van der Waals surface area contributed by atoms with E-state index in [-0.39, 0.29) is 16.5 Å². The highest BCUT2D eigenvalue weighted by molar-refractivity contribution is 8.00. The van der Waals surface area contributed by atoms with Crippen molar-refractivity contribution in [1.82, 2.24) is 10.2 Å². The van der Waals surface area contributed by atoms with Crippen molar-refractivity contribution in [3.05, 3.63) is 105 Å². The number of rotatable bonds is 7. The standard InChI is InChI=1S/C29H24ClN3O4S2/c1-16-7-8-17(2)22(13-16)25(34)23-24(19-5-4-6-21(14-19)37-3)33(27(36)26(23)35)28-31-32-29(39-28)38-15-18-9-11-20(30)12-10-18/h4-14,24,34H,15H2,1-3H3. The van der Waals surface area contributed by atoms with E-state index in [0.29, 0.717) is 32.0 Å². The Morgan fingerprint density at radius 3 is 2.59 bits per heavy atom. The summed E-state index contributed by atoms with van der Waals surface area (Å²) >= 11 is 8.66. The lowest BCUT2D eigenvalue weighted by Crippen LogP contribution is -2.29. The molecule has 10 heteroatoms. The number of amides is 1. The molecule has 0 bridgehead atoms. The third-order valence-corrected chi connectivity index (χ3v) is 8.76. The number of benzene rings is 3. The van der Waals surface area contributed by atoms with Crippen LogP contribution in [-0.2, 0) is 15.3 Å². The van der Waals surface area contributed by atoms with Crippen LogP contribution in [0.2, 0.25) is 5.02 Å². The molecule has 1 aliphatic rings. The van der Waals surface area contributed by atoms with Crippen molar-refractivity contribution in [3.63, 3.8) is 0 Å². The van der Waals surface area contributed by atoms with Gasteiger partial charge in [0.2, 0.25) is 5.13 Å². The fourth-order valence-corrected chi connectivity index (χ4v) is 6.33. The summed E-state index contributed by atoms with van der Waals surface area (Å²) in [6.45, 7) is 3.75. The third-order valence-electron chi connectivity index (χ3n) is 6.38. The first kappa shape index (κ1) is 26.9. The zero-order valence-electron chi connectivity index (χ0n) is 21.3. The minimum absolute atomic E-state index is 0.00693. The predicted octanol–water partition coefficient (Wildman–Crippen LogP) is 6.74. The number of ketones is 1. The molecule has 1 amide bonds. The van der Waals surface area contributed by atoms with Crippen LogP contribution in [0.5, 0.6) is 5.75 Å². The summed E-state index contributed by atoms with van der Waals surface area (Å²) in [5.74, 6) is -0.601. The Morgan fingerprint density at radius 1 is 1.08 bits per heavy atom. The summed E-state index contributed by atoms with van der Waals surface area (Å²) in [5.41, 5.74) is 3.86. The van der Waals surface area contributed by atoms with E-state index in [9.17, 15) is 14.7 Å². The van der Waals surface area contributed by atoms with E-state index in [1.165, 1.54) is 28.0 Å². The van der Waals surface area contributed by atoms with Gasteiger partial charge in [0.1, 0.15) is 11.5 Å². The van der Waals surface area contributed by atoms with Crippen LogP contribution in [0, 0.1) is 13.8 Å². The first-order valence-electron chi connectivity index (χ1n) is 12.0. The number of aryl methyl sites for hydroxylation is 2. The third kappa shape index (κ3) is 5.43. The molecule has 0 radical (unpaired) electrons. The highest BCUT2D eigenvalue weighted by atomic mass is 35.5. The number of anilines is 1. The van der Waals surface area contributed by atoms with Gasteiger partial charge >= 0.3 is 5.91 Å². The number of nitrogens with zero attached hydrogens (tertiary/aromatic N) is 3. The Balaban J connectivity index is 1.57. The molecule has 0 saturated carbocycles. The molecule has 1 unspecified atom stereocenters. The molecular weight excluding hydrogens is 554 g/mol. The molecule has 3 aromatic carbocycles. The minimum atomic E-state index is -0.915. The zero-order chi connectivity index (χ0) is 27.7. The number of hydrogen-bond acceptors (Lipinski definition) is 8. The van der Waals surface area contributed by atoms with E-state index in [1.54, 1.807) is 37.4 Å². The van der Waals surface area contributed by atoms with Gasteiger partial charge in [0.05, 0.1) is 18.7 Å². The minimum Gasteiger partial charge on any atom is -0.507 e. The molecule has 0 spiro atoms. The monoisotopic (exact) mass is 577 g/mol. The SMILES string of the molecule is COc1cccc(C2C(=C(O)c3cc(C)ccc3C)C(=O)C(=O)N2c2nnc(SCc3ccc(Cl)cc3)s2)c1. The second-order valence-corrected chi connectivity index (χ2v) is 11.6. The van der Waals surface area contributed by atoms with Gasteiger partial charge in [-0.25, -0.2) is 0 Å². The average Bonchev–Trinajstić information content (AvgIpc) is 3.51. The molecular formula is C29H24ClN3O4S2. The van der Waals surface area contributed by atoms with Crippen LogP contribution in [0.1, 0.15) is 33.9 Å². The lowest BCUT2D eigenvalue weighted by Gasteiger charge is -2.23. The van der Waals surface area contributed by atoms with Crippen molar-refractivity contribution in [2.24, 2.45) is 0 Å². The highest BCUT2D eigenvalue weighted by Crippen LogP contribution is 2.45. The molecule has 5 rings (SSSR count). The Hall–Kier alpha value is -3.66. The molecule has 1 N–H and O–H groups in total. The second kappa shape index (κ2) is 11.2. The van der Waals surface area contributed by atoms with Gasteiger partial charge in [-0.05, 0) is 60.9 Å². The van der Waals surface area contributed by atoms with Crippen molar-refractivity contribution in [1.29, 1.82) is 0 Å². The molecule has 1 fully saturated rings. The van der Waals surface area contributed by atoms with Crippen LogP contribution in [0.15, 0.2) is 76.6 Å². The number of halogens is 1. The average molecular weight is 578 g/mol. The second-order valence-electron chi connectivity index (χ2n) is 9.03. The number of carbonyl (C=O) groups excluding carboxylic acids is 2. The molecule has 2 heterocycles. The normalized spacial score (nSPS) is 16.6. The molecule has 198 valence electrons. The molecule has 1 aromatic heterocycles. The molecule has 7 nitrogen and oxygen atoms in total. The summed E-state index contributed by atoms with van der Waals surface area (Å²) in [6, 6.07) is 19.3. The Morgan fingerprint density at radius 2 is 1.85 bits per heavy atom. The molecule has 4 aromatic rings. The zero-order valence-corrected chi connectivity index (χ0v) is 23.7. The number of thioether (sulfide) groups is 1. The fourth-order valence-electron chi connectivity index (χ4n) is 4.38. The number of methoxy groups -OCH3 is 1. The molecule has 1 atom stereocenters. The summed E-state index contributed by atoms with van der Waals surface area (Å²) in [6.07, 6.45) is 0. The van der Waals surface area contributed by atoms with Crippen molar-refractivity contribution in [3.8, 4) is 5.75 Å². The van der Waals surface area contributed by atoms with Gasteiger partial charge in [-0.1, -0.05) is 76.7 Å². The molecule has 1 saturated heterocycles. The Labute approximate surface area is 239 Å². The van der Waals surface area contributed by atoms with E-state index < -0.39 is 17.7 Å². The lowest BCUT2D eigenvalue weighted by molar-refractivity contribution is -0.132. The van der Waals surface area contributed by atoms with Gasteiger partial charge in [-0.2, -0.15) is 0 Å². The Bertz CT molecular complexity index is 1600. The summed E-state index contributed by atoms with van der Waals surface area (Å²) < 4.78 is 6.05. The van der Waals surface area contributed by atoms with Crippen molar-refractivity contribution < 1.29 is 19.4 Å². The molecule has 39 heavy (non-hydrogen) atoms. The number of aliphatic hydroxyl groups excluding tert-OH is 1. The highest BCUT2D eigenvalue weighted by Gasteiger charge is 2.48. The van der Waals surface area contributed by atoms with E-state index in [0.717, 1.165) is 16.7 Å². The van der Waals surface area contributed by atoms with Gasteiger partial charge in [-0.15, -0.1) is 10.2 Å². The van der Waals surface area contributed by atoms with Gasteiger partial charge in [0, 0.05) is 16.3 Å². The summed E-state index contributed by atoms with van der Waals surface area (Å²) in [7, 11) is 1.54. The topological polar surface area (TPSA) is 92.6 Å². The smallest absolute Gasteiger partial charge is 0.301 e. The van der Waals surface area contributed by atoms with Crippen LogP contribution in [0.25, 0.3) is 5.76 Å². The first-order chi connectivity index (χ1) is 18.8. The van der Waals surface area contributed by atoms with Gasteiger partial charge < -0.3 is 9.84 Å². The quantitative estimate of drug-likeness (QED) is 0.0855. The summed E-state index contributed by atoms with van der Waals surface area (Å²) in [4.78, 5) is 28.3. The first-order valence-corrected chi connectivity index (χ1v) is 14.2. The molecule has 1 aliphatic heterocycles. The predicted molar refractivity (Wildman–Crippen MR) is 155 cm³/mol. The van der Waals surface area contributed by atoms with Crippen molar-refractivity contribution in [2.75, 3.05) is 12.0 Å². The van der Waals surface area contributed by atoms with Gasteiger partial charge in [0.25, 0.3) is 5.78 Å². The largest absolute Gasteiger partial charge is 0.507 e. The number of Topliss-reactive ketones (excluding diaryl/α,β-unsaturated/α-hetero) is 1.